The summed E-state index contributed by atoms with van der Waals surface area (Å²) < 4.78 is 0. The minimum Gasteiger partial charge on any atom is -0.323 e. The molecule has 1 aliphatic carbocycles. The number of unbranched alkanes of at least 4 members (excludes halogenated alkanes) is 2. The van der Waals surface area contributed by atoms with Gasteiger partial charge < -0.3 is 5.32 Å². The highest BCUT2D eigenvalue weighted by atomic mass is 35.5. The lowest BCUT2D eigenvalue weighted by atomic mass is 9.67. The number of hydrogen-bond donors (Lipinski definition) is 1. The van der Waals surface area contributed by atoms with Crippen LogP contribution in [0.15, 0.2) is 0 Å². The Hall–Kier alpha value is -0.770. The molecule has 1 spiro atoms. The first-order valence-corrected chi connectivity index (χ1v) is 8.27. The molecule has 0 radical (unpaired) electrons. The molecular weight excluding hydrogens is 276 g/mol. The van der Waals surface area contributed by atoms with E-state index in [1.807, 2.05) is 0 Å². The van der Waals surface area contributed by atoms with Crippen LogP contribution < -0.4 is 5.32 Å². The van der Waals surface area contributed by atoms with Gasteiger partial charge in [-0.15, -0.1) is 11.6 Å². The van der Waals surface area contributed by atoms with Crippen molar-refractivity contribution in [2.45, 2.75) is 57.9 Å². The number of rotatable bonds is 5. The fourth-order valence-electron chi connectivity index (χ4n) is 3.70. The van der Waals surface area contributed by atoms with E-state index in [1.165, 1.54) is 4.90 Å². The average molecular weight is 301 g/mol. The van der Waals surface area contributed by atoms with E-state index < -0.39 is 5.54 Å². The van der Waals surface area contributed by atoms with E-state index in [0.717, 1.165) is 38.5 Å². The van der Waals surface area contributed by atoms with Crippen LogP contribution in [0.4, 0.5) is 4.79 Å². The maximum atomic E-state index is 12.8. The van der Waals surface area contributed by atoms with E-state index >= 15 is 0 Å². The Kier molecular flexibility index (Phi) is 4.95. The zero-order valence-corrected chi connectivity index (χ0v) is 13.2. The molecule has 2 fully saturated rings. The standard InChI is InChI=1S/C15H25ClN2O2/c1-11-7-6-8-12(2)15(11)13(19)18(14(20)17-15)10-5-3-4-9-16/h11-12H,3-10H2,1-2H3,(H,17,20). The van der Waals surface area contributed by atoms with Gasteiger partial charge in [0.15, 0.2) is 0 Å². The van der Waals surface area contributed by atoms with Crippen LogP contribution in [-0.2, 0) is 4.79 Å². The first-order valence-electron chi connectivity index (χ1n) is 7.74. The van der Waals surface area contributed by atoms with Gasteiger partial charge in [0, 0.05) is 12.4 Å². The van der Waals surface area contributed by atoms with Gasteiger partial charge in [-0.2, -0.15) is 0 Å². The monoisotopic (exact) mass is 300 g/mol. The molecular formula is C15H25ClN2O2. The fourth-order valence-corrected chi connectivity index (χ4v) is 3.89. The van der Waals surface area contributed by atoms with Crippen LogP contribution in [0.25, 0.3) is 0 Å². The van der Waals surface area contributed by atoms with Gasteiger partial charge in [0.05, 0.1) is 0 Å². The van der Waals surface area contributed by atoms with Gasteiger partial charge in [0.2, 0.25) is 0 Å². The van der Waals surface area contributed by atoms with Crippen LogP contribution >= 0.6 is 11.6 Å². The summed E-state index contributed by atoms with van der Waals surface area (Å²) in [5.41, 5.74) is -0.651. The molecule has 2 aliphatic rings. The molecule has 114 valence electrons. The highest BCUT2D eigenvalue weighted by Crippen LogP contribution is 2.42. The van der Waals surface area contributed by atoms with E-state index in [9.17, 15) is 9.59 Å². The number of nitrogens with zero attached hydrogens (tertiary/aromatic N) is 1. The highest BCUT2D eigenvalue weighted by Gasteiger charge is 2.57. The van der Waals surface area contributed by atoms with Gasteiger partial charge in [0.25, 0.3) is 5.91 Å². The number of carbonyl (C=O) groups excluding carboxylic acids is 2. The lowest BCUT2D eigenvalue weighted by Crippen LogP contribution is -2.58. The lowest BCUT2D eigenvalue weighted by molar-refractivity contribution is -0.136. The molecule has 20 heavy (non-hydrogen) atoms. The molecule has 1 saturated heterocycles. The largest absolute Gasteiger partial charge is 0.325 e. The van der Waals surface area contributed by atoms with Gasteiger partial charge in [-0.1, -0.05) is 26.7 Å². The highest BCUT2D eigenvalue weighted by molar-refractivity contribution is 6.17. The first kappa shape index (κ1) is 15.6. The summed E-state index contributed by atoms with van der Waals surface area (Å²) in [6.07, 6.45) is 5.89. The molecule has 2 unspecified atom stereocenters. The lowest BCUT2D eigenvalue weighted by Gasteiger charge is -2.42. The number of hydrogen-bond acceptors (Lipinski definition) is 2. The smallest absolute Gasteiger partial charge is 0.323 e. The molecule has 1 saturated carbocycles. The fraction of sp³-hybridized carbons (Fsp3) is 0.867. The summed E-state index contributed by atoms with van der Waals surface area (Å²) in [6.45, 7) is 4.69. The number of nitrogens with one attached hydrogen (secondary N) is 1. The molecule has 0 aromatic rings. The molecule has 0 aromatic heterocycles. The zero-order chi connectivity index (χ0) is 14.8. The predicted octanol–water partition coefficient (Wildman–Crippen LogP) is 3.14. The van der Waals surface area contributed by atoms with Crippen LogP contribution in [0, 0.1) is 11.8 Å². The van der Waals surface area contributed by atoms with Gasteiger partial charge in [-0.05, 0) is 37.5 Å². The Bertz CT molecular complexity index is 376. The van der Waals surface area contributed by atoms with Gasteiger partial charge in [0.1, 0.15) is 5.54 Å². The molecule has 4 nitrogen and oxygen atoms in total. The molecule has 1 N–H and O–H groups in total. The van der Waals surface area contributed by atoms with Crippen molar-refractivity contribution >= 4 is 23.5 Å². The number of halogens is 1. The number of alkyl halides is 1. The summed E-state index contributed by atoms with van der Waals surface area (Å²) in [5, 5.41) is 3.02. The molecule has 0 bridgehead atoms. The summed E-state index contributed by atoms with van der Waals surface area (Å²) in [5.74, 6) is 1.07. The van der Waals surface area contributed by atoms with Crippen molar-refractivity contribution in [2.75, 3.05) is 12.4 Å². The van der Waals surface area contributed by atoms with Crippen LogP contribution in [0.5, 0.6) is 0 Å². The van der Waals surface area contributed by atoms with E-state index in [4.69, 9.17) is 11.6 Å². The Morgan fingerprint density at radius 3 is 2.45 bits per heavy atom. The number of imide groups is 1. The summed E-state index contributed by atoms with van der Waals surface area (Å²) in [6, 6.07) is -0.207. The summed E-state index contributed by atoms with van der Waals surface area (Å²) in [4.78, 5) is 26.4. The summed E-state index contributed by atoms with van der Waals surface area (Å²) in [7, 11) is 0. The Labute approximate surface area is 126 Å². The molecule has 0 aromatic carbocycles. The van der Waals surface area contributed by atoms with Crippen molar-refractivity contribution in [1.29, 1.82) is 0 Å². The molecule has 1 heterocycles. The van der Waals surface area contributed by atoms with Crippen molar-refractivity contribution in [2.24, 2.45) is 11.8 Å². The number of amides is 3. The van der Waals surface area contributed by atoms with Crippen molar-refractivity contribution < 1.29 is 9.59 Å². The van der Waals surface area contributed by atoms with Crippen LogP contribution in [0.2, 0.25) is 0 Å². The minimum atomic E-state index is -0.651. The first-order chi connectivity index (χ1) is 9.54. The van der Waals surface area contributed by atoms with E-state index in [-0.39, 0.29) is 23.8 Å². The maximum absolute atomic E-state index is 12.8. The normalized spacial score (nSPS) is 33.9. The minimum absolute atomic E-state index is 0.00641. The molecule has 5 heteroatoms. The van der Waals surface area contributed by atoms with Gasteiger partial charge in [-0.25, -0.2) is 4.79 Å². The van der Waals surface area contributed by atoms with Gasteiger partial charge in [-0.3, -0.25) is 9.69 Å². The maximum Gasteiger partial charge on any atom is 0.325 e. The predicted molar refractivity (Wildman–Crippen MR) is 79.7 cm³/mol. The van der Waals surface area contributed by atoms with E-state index in [0.29, 0.717) is 12.4 Å². The SMILES string of the molecule is CC1CCCC(C)C12NC(=O)N(CCCCCCl)C2=O. The second-order valence-corrected chi connectivity index (χ2v) is 6.62. The van der Waals surface area contributed by atoms with Crippen LogP contribution in [-0.4, -0.2) is 34.8 Å². The van der Waals surface area contributed by atoms with Crippen molar-refractivity contribution in [1.82, 2.24) is 10.2 Å². The van der Waals surface area contributed by atoms with E-state index in [2.05, 4.69) is 19.2 Å². The zero-order valence-electron chi connectivity index (χ0n) is 12.5. The molecule has 2 rings (SSSR count). The van der Waals surface area contributed by atoms with Crippen molar-refractivity contribution in [3.63, 3.8) is 0 Å². The second kappa shape index (κ2) is 6.33. The Balaban J connectivity index is 2.07. The third-order valence-corrected chi connectivity index (χ3v) is 5.27. The van der Waals surface area contributed by atoms with Crippen LogP contribution in [0.1, 0.15) is 52.4 Å². The van der Waals surface area contributed by atoms with Crippen molar-refractivity contribution in [3.05, 3.63) is 0 Å². The molecule has 2 atom stereocenters. The van der Waals surface area contributed by atoms with E-state index in [1.54, 1.807) is 0 Å². The summed E-state index contributed by atoms with van der Waals surface area (Å²) >= 11 is 5.65. The van der Waals surface area contributed by atoms with Gasteiger partial charge >= 0.3 is 6.03 Å². The van der Waals surface area contributed by atoms with Crippen LogP contribution in [0.3, 0.4) is 0 Å². The Morgan fingerprint density at radius 1 is 1.20 bits per heavy atom. The third-order valence-electron chi connectivity index (χ3n) is 5.00. The quantitative estimate of drug-likeness (QED) is 0.482. The van der Waals surface area contributed by atoms with Crippen molar-refractivity contribution in [3.8, 4) is 0 Å². The molecule has 3 amide bonds. The number of carbonyl (C=O) groups is 2. The average Bonchev–Trinajstić information content (AvgIpc) is 2.66. The second-order valence-electron chi connectivity index (χ2n) is 6.24. The topological polar surface area (TPSA) is 49.4 Å². The number of urea groups is 1. The third kappa shape index (κ3) is 2.54. The Morgan fingerprint density at radius 2 is 1.85 bits per heavy atom. The molecule has 1 aliphatic heterocycles.